The number of H-pyrrole nitrogens is 1. The second kappa shape index (κ2) is 6.04. The van der Waals surface area contributed by atoms with Gasteiger partial charge < -0.3 is 15.2 Å². The second-order valence-electron chi connectivity index (χ2n) is 6.30. The number of phenolic OH excluding ortho intramolecular Hbond substituents is 2. The lowest BCUT2D eigenvalue weighted by Gasteiger charge is -2.13. The van der Waals surface area contributed by atoms with Crippen molar-refractivity contribution in [2.24, 2.45) is 0 Å². The van der Waals surface area contributed by atoms with Crippen LogP contribution >= 0.6 is 0 Å². The Morgan fingerprint density at radius 2 is 1.71 bits per heavy atom. The van der Waals surface area contributed by atoms with Crippen LogP contribution in [0.4, 0.5) is 0 Å². The Kier molecular flexibility index (Phi) is 4.06. The summed E-state index contributed by atoms with van der Waals surface area (Å²) in [7, 11) is 0. The molecule has 0 spiro atoms. The molecule has 0 aliphatic carbocycles. The van der Waals surface area contributed by atoms with Crippen molar-refractivity contribution in [3.8, 4) is 11.5 Å². The molecule has 3 N–H and O–H groups in total. The molecular weight excluding hydrogens is 300 g/mol. The molecule has 3 rings (SSSR count). The fraction of sp³-hybridized carbons (Fsp3) is 0.250. The zero-order valence-electron chi connectivity index (χ0n) is 14.4. The first-order valence-electron chi connectivity index (χ1n) is 8.02. The number of benzene rings is 2. The first kappa shape index (κ1) is 16.1. The fourth-order valence-corrected chi connectivity index (χ4v) is 2.91. The molecule has 2 aromatic carbocycles. The van der Waals surface area contributed by atoms with Crippen molar-refractivity contribution in [1.82, 2.24) is 9.97 Å². The number of phenols is 2. The molecule has 0 aliphatic heterocycles. The maximum Gasteiger partial charge on any atom is 0.126 e. The van der Waals surface area contributed by atoms with Gasteiger partial charge in [-0.25, -0.2) is 4.98 Å². The number of aryl methyl sites for hydroxylation is 1. The molecule has 0 radical (unpaired) electrons. The average molecular weight is 322 g/mol. The number of aromatic amines is 1. The molecule has 1 heterocycles. The summed E-state index contributed by atoms with van der Waals surface area (Å²) >= 11 is 0. The van der Waals surface area contributed by atoms with Gasteiger partial charge in [0.25, 0.3) is 0 Å². The summed E-state index contributed by atoms with van der Waals surface area (Å²) in [6.45, 7) is 7.48. The number of hydrogen-bond acceptors (Lipinski definition) is 3. The monoisotopic (exact) mass is 322 g/mol. The largest absolute Gasteiger partial charge is 0.507 e. The van der Waals surface area contributed by atoms with E-state index in [4.69, 9.17) is 0 Å². The topological polar surface area (TPSA) is 69.1 Å². The van der Waals surface area contributed by atoms with Crippen molar-refractivity contribution < 1.29 is 10.2 Å². The molecular formula is C20H22N2O2. The van der Waals surface area contributed by atoms with Crippen LogP contribution in [0.3, 0.4) is 0 Å². The average Bonchev–Trinajstić information content (AvgIpc) is 2.96. The molecule has 3 aromatic rings. The quantitative estimate of drug-likeness (QED) is 0.623. The van der Waals surface area contributed by atoms with Gasteiger partial charge in [0.1, 0.15) is 17.3 Å². The summed E-state index contributed by atoms with van der Waals surface area (Å²) in [6, 6.07) is 6.13. The van der Waals surface area contributed by atoms with Gasteiger partial charge in [-0.05, 0) is 56.5 Å². The highest BCUT2D eigenvalue weighted by Gasteiger charge is 2.14. The van der Waals surface area contributed by atoms with Crippen LogP contribution in [0.2, 0.25) is 0 Å². The van der Waals surface area contributed by atoms with Gasteiger partial charge in [-0.1, -0.05) is 18.2 Å². The Labute approximate surface area is 141 Å². The maximum atomic E-state index is 10.3. The van der Waals surface area contributed by atoms with Crippen LogP contribution in [0.5, 0.6) is 11.5 Å². The van der Waals surface area contributed by atoms with Crippen LogP contribution in [0, 0.1) is 27.7 Å². The van der Waals surface area contributed by atoms with Crippen molar-refractivity contribution in [3.63, 3.8) is 0 Å². The normalized spacial score (nSPS) is 11.7. The third-order valence-corrected chi connectivity index (χ3v) is 4.57. The van der Waals surface area contributed by atoms with Gasteiger partial charge in [-0.15, -0.1) is 0 Å². The number of nitrogens with one attached hydrogen (secondary N) is 1. The number of allylic oxidation sites excluding steroid dienone is 1. The van der Waals surface area contributed by atoms with Crippen LogP contribution in [0.15, 0.2) is 24.3 Å². The summed E-state index contributed by atoms with van der Waals surface area (Å²) in [5.74, 6) is 1.33. The zero-order valence-corrected chi connectivity index (χ0v) is 14.4. The molecule has 24 heavy (non-hydrogen) atoms. The zero-order chi connectivity index (χ0) is 17.4. The Morgan fingerprint density at radius 1 is 1.00 bits per heavy atom. The molecule has 0 saturated heterocycles. The number of nitrogens with zero attached hydrogens (tertiary/aromatic N) is 1. The van der Waals surface area contributed by atoms with Crippen molar-refractivity contribution in [1.29, 1.82) is 0 Å². The van der Waals surface area contributed by atoms with E-state index in [0.717, 1.165) is 22.4 Å². The minimum absolute atomic E-state index is 0.222. The van der Waals surface area contributed by atoms with E-state index in [0.29, 0.717) is 23.1 Å². The Hall–Kier alpha value is -2.75. The molecule has 0 unspecified atom stereocenters. The van der Waals surface area contributed by atoms with Crippen LogP contribution in [-0.4, -0.2) is 20.2 Å². The molecule has 0 aliphatic rings. The Morgan fingerprint density at radius 3 is 2.46 bits per heavy atom. The highest BCUT2D eigenvalue weighted by Crippen LogP contribution is 2.36. The predicted molar refractivity (Wildman–Crippen MR) is 97.6 cm³/mol. The van der Waals surface area contributed by atoms with Gasteiger partial charge in [0.2, 0.25) is 0 Å². The summed E-state index contributed by atoms with van der Waals surface area (Å²) < 4.78 is 0. The molecule has 4 heteroatoms. The third-order valence-electron chi connectivity index (χ3n) is 4.57. The molecule has 0 fully saturated rings. The van der Waals surface area contributed by atoms with Crippen LogP contribution in [-0.2, 0) is 6.42 Å². The second-order valence-corrected chi connectivity index (χ2v) is 6.30. The van der Waals surface area contributed by atoms with E-state index in [-0.39, 0.29) is 11.5 Å². The molecule has 0 atom stereocenters. The van der Waals surface area contributed by atoms with E-state index in [2.05, 4.69) is 23.0 Å². The van der Waals surface area contributed by atoms with E-state index in [1.54, 1.807) is 6.92 Å². The highest BCUT2D eigenvalue weighted by molar-refractivity contribution is 5.76. The number of rotatable bonds is 3. The van der Waals surface area contributed by atoms with Crippen molar-refractivity contribution in [2.75, 3.05) is 0 Å². The lowest BCUT2D eigenvalue weighted by Crippen LogP contribution is -1.92. The number of hydrogen-bond donors (Lipinski definition) is 3. The van der Waals surface area contributed by atoms with Gasteiger partial charge >= 0.3 is 0 Å². The van der Waals surface area contributed by atoms with Crippen molar-refractivity contribution in [3.05, 3.63) is 57.9 Å². The first-order valence-corrected chi connectivity index (χ1v) is 8.02. The number of fused-ring (bicyclic) bond motifs is 1. The number of aromatic nitrogens is 2. The molecule has 4 nitrogen and oxygen atoms in total. The van der Waals surface area contributed by atoms with E-state index in [9.17, 15) is 10.2 Å². The minimum atomic E-state index is 0.222. The highest BCUT2D eigenvalue weighted by atomic mass is 16.3. The fourth-order valence-electron chi connectivity index (χ4n) is 2.91. The van der Waals surface area contributed by atoms with Crippen LogP contribution in [0.1, 0.15) is 33.6 Å². The standard InChI is InChI=1S/C20H22N2O2/c1-11-8-9-16-17(10-11)22-18(21-16)7-5-6-15-14(4)19(23)12(2)13(3)20(15)24/h5-6,8-10,23-24H,7H2,1-4H3,(H,21,22)/b6-5+. The summed E-state index contributed by atoms with van der Waals surface area (Å²) in [5, 5.41) is 20.5. The molecule has 0 amide bonds. The lowest BCUT2D eigenvalue weighted by molar-refractivity contribution is 0.448. The first-order chi connectivity index (χ1) is 11.4. The summed E-state index contributed by atoms with van der Waals surface area (Å²) in [6.07, 6.45) is 4.41. The van der Waals surface area contributed by atoms with Crippen LogP contribution in [0.25, 0.3) is 17.1 Å². The van der Waals surface area contributed by atoms with E-state index < -0.39 is 0 Å². The number of aromatic hydroxyl groups is 2. The smallest absolute Gasteiger partial charge is 0.126 e. The lowest BCUT2D eigenvalue weighted by atomic mass is 9.97. The summed E-state index contributed by atoms with van der Waals surface area (Å²) in [5.41, 5.74) is 5.94. The van der Waals surface area contributed by atoms with Gasteiger partial charge in [0, 0.05) is 17.5 Å². The van der Waals surface area contributed by atoms with Crippen LogP contribution < -0.4 is 0 Å². The summed E-state index contributed by atoms with van der Waals surface area (Å²) in [4.78, 5) is 7.87. The maximum absolute atomic E-state index is 10.3. The SMILES string of the molecule is Cc1ccc2nc(C/C=C/c3c(C)c(O)c(C)c(C)c3O)[nH]c2c1. The third kappa shape index (κ3) is 2.75. The van der Waals surface area contributed by atoms with E-state index >= 15 is 0 Å². The van der Waals surface area contributed by atoms with Gasteiger partial charge in [-0.3, -0.25) is 0 Å². The van der Waals surface area contributed by atoms with Gasteiger partial charge in [0.15, 0.2) is 0 Å². The van der Waals surface area contributed by atoms with Crippen molar-refractivity contribution >= 4 is 17.1 Å². The molecule has 0 saturated carbocycles. The van der Waals surface area contributed by atoms with E-state index in [1.165, 1.54) is 5.56 Å². The van der Waals surface area contributed by atoms with Gasteiger partial charge in [0.05, 0.1) is 11.0 Å². The van der Waals surface area contributed by atoms with Gasteiger partial charge in [-0.2, -0.15) is 0 Å². The molecule has 1 aromatic heterocycles. The van der Waals surface area contributed by atoms with E-state index in [1.807, 2.05) is 38.1 Å². The van der Waals surface area contributed by atoms with Crippen molar-refractivity contribution in [2.45, 2.75) is 34.1 Å². The predicted octanol–water partition coefficient (Wildman–Crippen LogP) is 4.46. The Bertz CT molecular complexity index is 923. The number of imidazole rings is 1. The molecule has 0 bridgehead atoms. The molecule has 124 valence electrons. The minimum Gasteiger partial charge on any atom is -0.507 e. The Balaban J connectivity index is 1.88.